The van der Waals surface area contributed by atoms with Gasteiger partial charge in [0.2, 0.25) is 0 Å². The molecular weight excluding hydrogens is 334 g/mol. The van der Waals surface area contributed by atoms with Crippen molar-refractivity contribution < 1.29 is 9.53 Å². The summed E-state index contributed by atoms with van der Waals surface area (Å²) in [5, 5.41) is 8.19. The molecular formula is C15H10BrN3O2. The highest BCUT2D eigenvalue weighted by Crippen LogP contribution is 2.24. The lowest BCUT2D eigenvalue weighted by Crippen LogP contribution is -2.10. The number of aromatic nitrogens is 3. The monoisotopic (exact) mass is 343 g/mol. The molecule has 3 aromatic rings. The minimum absolute atomic E-state index is 0.148. The van der Waals surface area contributed by atoms with Crippen molar-refractivity contribution in [3.05, 3.63) is 71.0 Å². The molecule has 21 heavy (non-hydrogen) atoms. The maximum atomic E-state index is 12.1. The number of rotatable bonds is 3. The molecule has 0 aliphatic carbocycles. The minimum Gasteiger partial charge on any atom is -0.421 e. The van der Waals surface area contributed by atoms with Crippen LogP contribution in [0, 0.1) is 0 Å². The first-order chi connectivity index (χ1) is 10.2. The summed E-state index contributed by atoms with van der Waals surface area (Å²) in [5.41, 5.74) is 0.923. The van der Waals surface area contributed by atoms with E-state index in [0.717, 1.165) is 5.69 Å². The van der Waals surface area contributed by atoms with Crippen LogP contribution in [0.25, 0.3) is 5.69 Å². The Balaban J connectivity index is 1.80. The van der Waals surface area contributed by atoms with Gasteiger partial charge in [-0.3, -0.25) is 0 Å². The van der Waals surface area contributed by atoms with Crippen LogP contribution in [0.5, 0.6) is 5.75 Å². The molecule has 0 N–H and O–H groups in total. The van der Waals surface area contributed by atoms with Gasteiger partial charge in [-0.2, -0.15) is 9.90 Å². The number of carbonyl (C=O) groups is 1. The lowest BCUT2D eigenvalue weighted by atomic mass is 10.3. The van der Waals surface area contributed by atoms with Crippen molar-refractivity contribution in [1.82, 2.24) is 15.0 Å². The summed E-state index contributed by atoms with van der Waals surface area (Å²) in [4.78, 5) is 13.4. The standard InChI is InChI=1S/C15H10BrN3O2/c16-12-8-4-5-9-14(12)21-15(20)13-10-17-19(18-13)11-6-2-1-3-7-11/h1-10H. The molecule has 0 amide bonds. The third-order valence-corrected chi connectivity index (χ3v) is 3.38. The van der Waals surface area contributed by atoms with Crippen LogP contribution >= 0.6 is 15.9 Å². The van der Waals surface area contributed by atoms with Crippen LogP contribution in [-0.2, 0) is 0 Å². The summed E-state index contributed by atoms with van der Waals surface area (Å²) < 4.78 is 5.98. The molecule has 1 aromatic heterocycles. The largest absolute Gasteiger partial charge is 0.421 e. The average Bonchev–Trinajstić information content (AvgIpc) is 3.00. The molecule has 2 aromatic carbocycles. The van der Waals surface area contributed by atoms with Crippen molar-refractivity contribution >= 4 is 21.9 Å². The molecule has 0 unspecified atom stereocenters. The molecule has 104 valence electrons. The quantitative estimate of drug-likeness (QED) is 0.541. The summed E-state index contributed by atoms with van der Waals surface area (Å²) >= 11 is 3.32. The summed E-state index contributed by atoms with van der Waals surface area (Å²) in [6.45, 7) is 0. The zero-order chi connectivity index (χ0) is 14.7. The highest BCUT2D eigenvalue weighted by atomic mass is 79.9. The number of nitrogens with zero attached hydrogens (tertiary/aromatic N) is 3. The number of hydrogen-bond donors (Lipinski definition) is 0. The Morgan fingerprint density at radius 3 is 2.52 bits per heavy atom. The van der Waals surface area contributed by atoms with Gasteiger partial charge in [-0.15, -0.1) is 5.10 Å². The number of benzene rings is 2. The van der Waals surface area contributed by atoms with E-state index in [9.17, 15) is 4.79 Å². The van der Waals surface area contributed by atoms with Crippen molar-refractivity contribution in [3.63, 3.8) is 0 Å². The second-order valence-electron chi connectivity index (χ2n) is 4.17. The fourth-order valence-electron chi connectivity index (χ4n) is 1.72. The molecule has 3 rings (SSSR count). The Morgan fingerprint density at radius 1 is 1.05 bits per heavy atom. The van der Waals surface area contributed by atoms with E-state index in [4.69, 9.17) is 4.74 Å². The molecule has 0 atom stereocenters. The minimum atomic E-state index is -0.552. The first kappa shape index (κ1) is 13.5. The topological polar surface area (TPSA) is 57.0 Å². The van der Waals surface area contributed by atoms with Crippen molar-refractivity contribution in [3.8, 4) is 11.4 Å². The molecule has 0 bridgehead atoms. The van der Waals surface area contributed by atoms with Gasteiger partial charge >= 0.3 is 5.97 Å². The smallest absolute Gasteiger partial charge is 0.365 e. The average molecular weight is 344 g/mol. The third kappa shape index (κ3) is 3.00. The SMILES string of the molecule is O=C(Oc1ccccc1Br)c1cnn(-c2ccccc2)n1. The molecule has 0 aliphatic rings. The third-order valence-electron chi connectivity index (χ3n) is 2.73. The molecule has 6 heteroatoms. The predicted octanol–water partition coefficient (Wildman–Crippen LogP) is 3.25. The first-order valence-electron chi connectivity index (χ1n) is 6.18. The van der Waals surface area contributed by atoms with Crippen molar-refractivity contribution in [2.24, 2.45) is 0 Å². The van der Waals surface area contributed by atoms with E-state index < -0.39 is 5.97 Å². The van der Waals surface area contributed by atoms with Gasteiger partial charge in [0.25, 0.3) is 0 Å². The van der Waals surface area contributed by atoms with Gasteiger partial charge in [0, 0.05) is 0 Å². The number of carbonyl (C=O) groups excluding carboxylic acids is 1. The molecule has 0 fully saturated rings. The lowest BCUT2D eigenvalue weighted by Gasteiger charge is -2.03. The highest BCUT2D eigenvalue weighted by molar-refractivity contribution is 9.10. The maximum Gasteiger partial charge on any atom is 0.365 e. The van der Waals surface area contributed by atoms with E-state index >= 15 is 0 Å². The molecule has 5 nitrogen and oxygen atoms in total. The predicted molar refractivity (Wildman–Crippen MR) is 80.5 cm³/mol. The normalized spacial score (nSPS) is 10.3. The zero-order valence-corrected chi connectivity index (χ0v) is 12.4. The zero-order valence-electron chi connectivity index (χ0n) is 10.8. The van der Waals surface area contributed by atoms with E-state index in [-0.39, 0.29) is 5.69 Å². The molecule has 0 radical (unpaired) electrons. The second-order valence-corrected chi connectivity index (χ2v) is 5.03. The molecule has 0 spiro atoms. The van der Waals surface area contributed by atoms with Crippen LogP contribution < -0.4 is 4.74 Å². The Hall–Kier alpha value is -2.47. The Bertz CT molecular complexity index is 771. The van der Waals surface area contributed by atoms with Gasteiger partial charge in [-0.25, -0.2) is 4.79 Å². The number of para-hydroxylation sites is 2. The van der Waals surface area contributed by atoms with Crippen LogP contribution in [0.3, 0.4) is 0 Å². The Kier molecular flexibility index (Phi) is 3.79. The summed E-state index contributed by atoms with van der Waals surface area (Å²) in [7, 11) is 0. The molecule has 0 saturated heterocycles. The first-order valence-corrected chi connectivity index (χ1v) is 6.98. The van der Waals surface area contributed by atoms with E-state index in [1.54, 1.807) is 18.2 Å². The van der Waals surface area contributed by atoms with Gasteiger partial charge in [-0.05, 0) is 40.2 Å². The number of halogens is 1. The maximum absolute atomic E-state index is 12.1. The van der Waals surface area contributed by atoms with Crippen LogP contribution in [0.1, 0.15) is 10.5 Å². The molecule has 0 aliphatic heterocycles. The van der Waals surface area contributed by atoms with Crippen LogP contribution in [0.2, 0.25) is 0 Å². The van der Waals surface area contributed by atoms with E-state index in [1.165, 1.54) is 11.0 Å². The van der Waals surface area contributed by atoms with Gasteiger partial charge < -0.3 is 4.74 Å². The Labute approximate surface area is 129 Å². The number of ether oxygens (including phenoxy) is 1. The number of esters is 1. The van der Waals surface area contributed by atoms with Crippen molar-refractivity contribution in [2.75, 3.05) is 0 Å². The molecule has 1 heterocycles. The fourth-order valence-corrected chi connectivity index (χ4v) is 2.09. The number of hydrogen-bond acceptors (Lipinski definition) is 4. The van der Waals surface area contributed by atoms with Gasteiger partial charge in [0.15, 0.2) is 5.69 Å². The van der Waals surface area contributed by atoms with Gasteiger partial charge in [0.1, 0.15) is 5.75 Å². The van der Waals surface area contributed by atoms with Crippen LogP contribution in [-0.4, -0.2) is 21.0 Å². The van der Waals surface area contributed by atoms with Crippen molar-refractivity contribution in [1.29, 1.82) is 0 Å². The van der Waals surface area contributed by atoms with Crippen LogP contribution in [0.4, 0.5) is 0 Å². The van der Waals surface area contributed by atoms with Gasteiger partial charge in [-0.1, -0.05) is 30.3 Å². The second kappa shape index (κ2) is 5.88. The van der Waals surface area contributed by atoms with E-state index in [2.05, 4.69) is 26.1 Å². The lowest BCUT2D eigenvalue weighted by molar-refractivity contribution is 0.0727. The fraction of sp³-hybridized carbons (Fsp3) is 0. The van der Waals surface area contributed by atoms with Gasteiger partial charge in [0.05, 0.1) is 16.4 Å². The highest BCUT2D eigenvalue weighted by Gasteiger charge is 2.15. The van der Waals surface area contributed by atoms with E-state index in [0.29, 0.717) is 10.2 Å². The van der Waals surface area contributed by atoms with Crippen molar-refractivity contribution in [2.45, 2.75) is 0 Å². The molecule has 0 saturated carbocycles. The van der Waals surface area contributed by atoms with E-state index in [1.807, 2.05) is 36.4 Å². The summed E-state index contributed by atoms with van der Waals surface area (Å²) in [6.07, 6.45) is 1.38. The summed E-state index contributed by atoms with van der Waals surface area (Å²) in [5.74, 6) is -0.110. The summed E-state index contributed by atoms with van der Waals surface area (Å²) in [6, 6.07) is 16.5. The van der Waals surface area contributed by atoms with Crippen LogP contribution in [0.15, 0.2) is 65.3 Å². The Morgan fingerprint density at radius 2 is 1.76 bits per heavy atom.